The van der Waals surface area contributed by atoms with Gasteiger partial charge in [-0.3, -0.25) is 9.48 Å². The molecule has 0 atom stereocenters. The molecule has 0 aliphatic heterocycles. The van der Waals surface area contributed by atoms with Crippen molar-refractivity contribution in [2.75, 3.05) is 0 Å². The maximum Gasteiger partial charge on any atom is 0.220 e. The summed E-state index contributed by atoms with van der Waals surface area (Å²) < 4.78 is 14.9. The highest BCUT2D eigenvalue weighted by Crippen LogP contribution is 2.23. The topological polar surface area (TPSA) is 46.9 Å². The number of hydrogen-bond donors (Lipinski definition) is 1. The molecule has 0 unspecified atom stereocenters. The van der Waals surface area contributed by atoms with E-state index in [2.05, 4.69) is 16.5 Å². The van der Waals surface area contributed by atoms with E-state index in [-0.39, 0.29) is 11.7 Å². The summed E-state index contributed by atoms with van der Waals surface area (Å²) in [6, 6.07) is 14.3. The number of nitrogens with one attached hydrogen (secondary N) is 1. The van der Waals surface area contributed by atoms with Crippen molar-refractivity contribution in [3.05, 3.63) is 77.2 Å². The molecule has 2 aromatic carbocycles. The molecule has 0 fully saturated rings. The van der Waals surface area contributed by atoms with Gasteiger partial charge in [0.1, 0.15) is 5.82 Å². The summed E-state index contributed by atoms with van der Waals surface area (Å²) in [6.45, 7) is 2.56. The average Bonchev–Trinajstić information content (AvgIpc) is 2.99. The van der Waals surface area contributed by atoms with Crippen LogP contribution >= 0.6 is 0 Å². The number of halogens is 1. The van der Waals surface area contributed by atoms with E-state index >= 15 is 0 Å². The first-order valence-electron chi connectivity index (χ1n) is 8.62. The van der Waals surface area contributed by atoms with Crippen LogP contribution in [0.15, 0.2) is 54.7 Å². The second-order valence-electron chi connectivity index (χ2n) is 6.45. The van der Waals surface area contributed by atoms with E-state index < -0.39 is 0 Å². The van der Waals surface area contributed by atoms with E-state index in [1.807, 2.05) is 38.4 Å². The normalized spacial score (nSPS) is 10.7. The van der Waals surface area contributed by atoms with Crippen LogP contribution in [0.2, 0.25) is 0 Å². The molecule has 134 valence electrons. The second kappa shape index (κ2) is 7.95. The predicted molar refractivity (Wildman–Crippen MR) is 99.9 cm³/mol. The summed E-state index contributed by atoms with van der Waals surface area (Å²) in [4.78, 5) is 12.2. The number of benzene rings is 2. The molecule has 1 heterocycles. The standard InChI is InChI=1S/C21H22FN3O/c1-15-4-3-5-16(12-15)13-23-20(26)11-8-18-14-25(2)24-21(18)17-6-9-19(22)10-7-17/h3-7,9-10,12,14H,8,11,13H2,1-2H3,(H,23,26). The van der Waals surface area contributed by atoms with E-state index in [0.717, 1.165) is 22.4 Å². The third-order valence-electron chi connectivity index (χ3n) is 4.22. The van der Waals surface area contributed by atoms with Gasteiger partial charge in [0.15, 0.2) is 0 Å². The quantitative estimate of drug-likeness (QED) is 0.735. The SMILES string of the molecule is Cc1cccc(CNC(=O)CCc2cn(C)nc2-c2ccc(F)cc2)c1. The largest absolute Gasteiger partial charge is 0.352 e. The summed E-state index contributed by atoms with van der Waals surface area (Å²) in [5, 5.41) is 7.41. The molecule has 0 spiro atoms. The third kappa shape index (κ3) is 4.57. The van der Waals surface area contributed by atoms with E-state index in [1.165, 1.54) is 17.7 Å². The fourth-order valence-electron chi connectivity index (χ4n) is 2.93. The van der Waals surface area contributed by atoms with E-state index in [9.17, 15) is 9.18 Å². The van der Waals surface area contributed by atoms with Crippen molar-refractivity contribution in [2.45, 2.75) is 26.3 Å². The molecule has 0 aliphatic rings. The zero-order valence-electron chi connectivity index (χ0n) is 15.0. The molecule has 0 saturated heterocycles. The molecule has 0 bridgehead atoms. The first kappa shape index (κ1) is 17.9. The highest BCUT2D eigenvalue weighted by molar-refractivity contribution is 5.76. The van der Waals surface area contributed by atoms with E-state index in [4.69, 9.17) is 0 Å². The van der Waals surface area contributed by atoms with Crippen LogP contribution in [0.4, 0.5) is 4.39 Å². The molecule has 1 amide bonds. The van der Waals surface area contributed by atoms with Gasteiger partial charge in [-0.1, -0.05) is 29.8 Å². The Labute approximate surface area is 152 Å². The van der Waals surface area contributed by atoms with Gasteiger partial charge in [0.25, 0.3) is 0 Å². The van der Waals surface area contributed by atoms with Crippen molar-refractivity contribution in [1.82, 2.24) is 15.1 Å². The lowest BCUT2D eigenvalue weighted by Crippen LogP contribution is -2.23. The van der Waals surface area contributed by atoms with Gasteiger partial charge in [-0.05, 0) is 48.7 Å². The zero-order valence-corrected chi connectivity index (χ0v) is 15.0. The molecule has 1 N–H and O–H groups in total. The smallest absolute Gasteiger partial charge is 0.220 e. The molecular formula is C21H22FN3O. The summed E-state index contributed by atoms with van der Waals surface area (Å²) in [5.74, 6) is -0.276. The average molecular weight is 351 g/mol. The maximum absolute atomic E-state index is 13.1. The van der Waals surface area contributed by atoms with Gasteiger partial charge in [-0.15, -0.1) is 0 Å². The van der Waals surface area contributed by atoms with Crippen molar-refractivity contribution < 1.29 is 9.18 Å². The van der Waals surface area contributed by atoms with Crippen LogP contribution in [-0.4, -0.2) is 15.7 Å². The van der Waals surface area contributed by atoms with Gasteiger partial charge in [0, 0.05) is 31.8 Å². The highest BCUT2D eigenvalue weighted by Gasteiger charge is 2.12. The minimum atomic E-state index is -0.276. The highest BCUT2D eigenvalue weighted by atomic mass is 19.1. The molecule has 3 rings (SSSR count). The lowest BCUT2D eigenvalue weighted by molar-refractivity contribution is -0.121. The molecule has 4 nitrogen and oxygen atoms in total. The van der Waals surface area contributed by atoms with Crippen LogP contribution in [0.25, 0.3) is 11.3 Å². The Bertz CT molecular complexity index is 900. The number of rotatable bonds is 6. The molecule has 3 aromatic rings. The predicted octanol–water partition coefficient (Wildman–Crippen LogP) is 3.78. The van der Waals surface area contributed by atoms with E-state index in [1.54, 1.807) is 16.8 Å². The molecule has 0 saturated carbocycles. The van der Waals surface area contributed by atoms with Crippen molar-refractivity contribution in [3.8, 4) is 11.3 Å². The summed E-state index contributed by atoms with van der Waals surface area (Å²) in [6.07, 6.45) is 2.87. The van der Waals surface area contributed by atoms with Gasteiger partial charge < -0.3 is 5.32 Å². The fourth-order valence-corrected chi connectivity index (χ4v) is 2.93. The minimum Gasteiger partial charge on any atom is -0.352 e. The van der Waals surface area contributed by atoms with Crippen LogP contribution in [-0.2, 0) is 24.8 Å². The van der Waals surface area contributed by atoms with Crippen molar-refractivity contribution in [2.24, 2.45) is 7.05 Å². The number of aryl methyl sites for hydroxylation is 3. The van der Waals surface area contributed by atoms with Gasteiger partial charge >= 0.3 is 0 Å². The number of amides is 1. The number of carbonyl (C=O) groups excluding carboxylic acids is 1. The first-order chi connectivity index (χ1) is 12.5. The van der Waals surface area contributed by atoms with E-state index in [0.29, 0.717) is 19.4 Å². The van der Waals surface area contributed by atoms with Crippen LogP contribution in [0.5, 0.6) is 0 Å². The molecule has 0 aliphatic carbocycles. The lowest BCUT2D eigenvalue weighted by Gasteiger charge is -2.06. The van der Waals surface area contributed by atoms with Crippen LogP contribution in [0, 0.1) is 12.7 Å². The maximum atomic E-state index is 13.1. The van der Waals surface area contributed by atoms with Gasteiger partial charge in [0.2, 0.25) is 5.91 Å². The molecular weight excluding hydrogens is 329 g/mol. The molecule has 0 radical (unpaired) electrons. The monoisotopic (exact) mass is 351 g/mol. The summed E-state index contributed by atoms with van der Waals surface area (Å²) in [5.41, 5.74) is 4.88. The number of nitrogens with zero attached hydrogens (tertiary/aromatic N) is 2. The summed E-state index contributed by atoms with van der Waals surface area (Å²) >= 11 is 0. The van der Waals surface area contributed by atoms with Crippen molar-refractivity contribution in [1.29, 1.82) is 0 Å². The Hall–Kier alpha value is -2.95. The minimum absolute atomic E-state index is 0.000385. The molecule has 1 aromatic heterocycles. The van der Waals surface area contributed by atoms with Gasteiger partial charge in [-0.2, -0.15) is 5.10 Å². The van der Waals surface area contributed by atoms with Crippen LogP contribution in [0.3, 0.4) is 0 Å². The lowest BCUT2D eigenvalue weighted by atomic mass is 10.0. The first-order valence-corrected chi connectivity index (χ1v) is 8.62. The molecule has 5 heteroatoms. The number of hydrogen-bond acceptors (Lipinski definition) is 2. The van der Waals surface area contributed by atoms with Crippen molar-refractivity contribution in [3.63, 3.8) is 0 Å². The van der Waals surface area contributed by atoms with Crippen molar-refractivity contribution >= 4 is 5.91 Å². The summed E-state index contributed by atoms with van der Waals surface area (Å²) in [7, 11) is 1.84. The Morgan fingerprint density at radius 3 is 2.69 bits per heavy atom. The fraction of sp³-hybridized carbons (Fsp3) is 0.238. The Morgan fingerprint density at radius 1 is 1.19 bits per heavy atom. The van der Waals surface area contributed by atoms with Gasteiger partial charge in [0.05, 0.1) is 5.69 Å². The number of aromatic nitrogens is 2. The van der Waals surface area contributed by atoms with Crippen LogP contribution < -0.4 is 5.32 Å². The zero-order chi connectivity index (χ0) is 18.5. The molecule has 26 heavy (non-hydrogen) atoms. The second-order valence-corrected chi connectivity index (χ2v) is 6.45. The Balaban J connectivity index is 1.61. The Kier molecular flexibility index (Phi) is 5.46. The third-order valence-corrected chi connectivity index (χ3v) is 4.22. The van der Waals surface area contributed by atoms with Gasteiger partial charge in [-0.25, -0.2) is 4.39 Å². The Morgan fingerprint density at radius 2 is 1.96 bits per heavy atom. The number of carbonyl (C=O) groups is 1. The van der Waals surface area contributed by atoms with Crippen LogP contribution in [0.1, 0.15) is 23.1 Å².